The third-order valence-electron chi connectivity index (χ3n) is 4.83. The standard InChI is InChI=1S/C23H28N4O3/c1-13(2)20-11-18(19-12-24-27(14(3)4)21(19)26-20)23(29)30-16(6)22(28)25-17-9-7-8-15(5)10-17/h7-14,16H,1-6H3,(H,25,28)/t16-/m0/s1. The number of esters is 1. The van der Waals surface area contributed by atoms with Gasteiger partial charge in [0.25, 0.3) is 5.91 Å². The van der Waals surface area contributed by atoms with Gasteiger partial charge in [0.05, 0.1) is 17.1 Å². The van der Waals surface area contributed by atoms with Crippen molar-refractivity contribution < 1.29 is 14.3 Å². The Morgan fingerprint density at radius 2 is 1.83 bits per heavy atom. The van der Waals surface area contributed by atoms with Gasteiger partial charge in [-0.15, -0.1) is 0 Å². The lowest BCUT2D eigenvalue weighted by atomic mass is 10.1. The molecule has 0 aliphatic heterocycles. The Labute approximate surface area is 176 Å². The lowest BCUT2D eigenvalue weighted by Gasteiger charge is -2.15. The fraction of sp³-hybridized carbons (Fsp3) is 0.391. The van der Waals surface area contributed by atoms with E-state index in [-0.39, 0.29) is 17.9 Å². The number of pyridine rings is 1. The number of nitrogens with zero attached hydrogens (tertiary/aromatic N) is 3. The molecule has 1 atom stereocenters. The summed E-state index contributed by atoms with van der Waals surface area (Å²) in [5.74, 6) is -0.834. The van der Waals surface area contributed by atoms with Crippen LogP contribution in [0.2, 0.25) is 0 Å². The van der Waals surface area contributed by atoms with E-state index >= 15 is 0 Å². The number of nitrogens with one attached hydrogen (secondary N) is 1. The van der Waals surface area contributed by atoms with E-state index in [2.05, 4.69) is 10.4 Å². The summed E-state index contributed by atoms with van der Waals surface area (Å²) >= 11 is 0. The molecule has 0 fully saturated rings. The number of amides is 1. The summed E-state index contributed by atoms with van der Waals surface area (Å²) in [5, 5.41) is 7.78. The van der Waals surface area contributed by atoms with Gasteiger partial charge in [-0.05, 0) is 57.4 Å². The molecule has 0 saturated heterocycles. The number of fused-ring (bicyclic) bond motifs is 1. The average molecular weight is 409 g/mol. The number of ether oxygens (including phenoxy) is 1. The predicted molar refractivity (Wildman–Crippen MR) is 117 cm³/mol. The minimum absolute atomic E-state index is 0.0975. The Bertz CT molecular complexity index is 1090. The van der Waals surface area contributed by atoms with Crippen LogP contribution in [0.25, 0.3) is 11.0 Å². The minimum atomic E-state index is -0.955. The third kappa shape index (κ3) is 4.50. The predicted octanol–water partition coefficient (Wildman–Crippen LogP) is 4.63. The lowest BCUT2D eigenvalue weighted by molar-refractivity contribution is -0.123. The number of hydrogen-bond donors (Lipinski definition) is 1. The summed E-state index contributed by atoms with van der Waals surface area (Å²) in [6, 6.07) is 9.27. The first-order chi connectivity index (χ1) is 14.2. The summed E-state index contributed by atoms with van der Waals surface area (Å²) < 4.78 is 7.28. The van der Waals surface area contributed by atoms with Crippen LogP contribution in [0.4, 0.5) is 5.69 Å². The molecule has 0 radical (unpaired) electrons. The van der Waals surface area contributed by atoms with Crippen molar-refractivity contribution in [3.63, 3.8) is 0 Å². The second kappa shape index (κ2) is 8.65. The Hall–Kier alpha value is -3.22. The van der Waals surface area contributed by atoms with Gasteiger partial charge in [0.2, 0.25) is 0 Å². The van der Waals surface area contributed by atoms with E-state index in [1.807, 2.05) is 52.8 Å². The van der Waals surface area contributed by atoms with E-state index in [1.165, 1.54) is 0 Å². The van der Waals surface area contributed by atoms with Gasteiger partial charge in [-0.2, -0.15) is 5.10 Å². The normalized spacial score (nSPS) is 12.4. The molecule has 0 unspecified atom stereocenters. The highest BCUT2D eigenvalue weighted by Crippen LogP contribution is 2.25. The number of carbonyl (C=O) groups excluding carboxylic acids is 2. The highest BCUT2D eigenvalue weighted by Gasteiger charge is 2.24. The maximum atomic E-state index is 13.0. The summed E-state index contributed by atoms with van der Waals surface area (Å²) in [6.45, 7) is 11.5. The molecule has 1 N–H and O–H groups in total. The van der Waals surface area contributed by atoms with Gasteiger partial charge in [0.1, 0.15) is 0 Å². The third-order valence-corrected chi connectivity index (χ3v) is 4.83. The van der Waals surface area contributed by atoms with Crippen molar-refractivity contribution in [3.8, 4) is 0 Å². The maximum Gasteiger partial charge on any atom is 0.339 e. The van der Waals surface area contributed by atoms with Crippen molar-refractivity contribution in [2.75, 3.05) is 5.32 Å². The maximum absolute atomic E-state index is 13.0. The largest absolute Gasteiger partial charge is 0.449 e. The molecule has 2 heterocycles. The smallest absolute Gasteiger partial charge is 0.339 e. The van der Waals surface area contributed by atoms with Crippen LogP contribution in [0.3, 0.4) is 0 Å². The molecular formula is C23H28N4O3. The van der Waals surface area contributed by atoms with Gasteiger partial charge in [-0.25, -0.2) is 14.5 Å². The van der Waals surface area contributed by atoms with Crippen LogP contribution >= 0.6 is 0 Å². The Morgan fingerprint density at radius 1 is 1.10 bits per heavy atom. The number of rotatable bonds is 6. The molecular weight excluding hydrogens is 380 g/mol. The van der Waals surface area contributed by atoms with Crippen LogP contribution in [0.5, 0.6) is 0 Å². The van der Waals surface area contributed by atoms with Crippen molar-refractivity contribution >= 4 is 28.6 Å². The van der Waals surface area contributed by atoms with Crippen LogP contribution in [-0.2, 0) is 9.53 Å². The molecule has 1 amide bonds. The lowest BCUT2D eigenvalue weighted by Crippen LogP contribution is -2.30. The van der Waals surface area contributed by atoms with Gasteiger partial charge >= 0.3 is 5.97 Å². The molecule has 158 valence electrons. The van der Waals surface area contributed by atoms with E-state index in [9.17, 15) is 9.59 Å². The zero-order chi connectivity index (χ0) is 22.0. The minimum Gasteiger partial charge on any atom is -0.449 e. The van der Waals surface area contributed by atoms with Crippen molar-refractivity contribution in [2.24, 2.45) is 0 Å². The quantitative estimate of drug-likeness (QED) is 0.601. The zero-order valence-electron chi connectivity index (χ0n) is 18.3. The molecule has 3 rings (SSSR count). The van der Waals surface area contributed by atoms with E-state index in [4.69, 9.17) is 9.72 Å². The van der Waals surface area contributed by atoms with Gasteiger partial charge in [-0.1, -0.05) is 26.0 Å². The highest BCUT2D eigenvalue weighted by atomic mass is 16.5. The van der Waals surface area contributed by atoms with Gasteiger partial charge in [-0.3, -0.25) is 4.79 Å². The molecule has 30 heavy (non-hydrogen) atoms. The van der Waals surface area contributed by atoms with Crippen LogP contribution in [0.1, 0.15) is 68.2 Å². The second-order valence-corrected chi connectivity index (χ2v) is 8.08. The van der Waals surface area contributed by atoms with Crippen LogP contribution < -0.4 is 5.32 Å². The number of anilines is 1. The molecule has 1 aromatic carbocycles. The summed E-state index contributed by atoms with van der Waals surface area (Å²) in [4.78, 5) is 30.2. The highest BCUT2D eigenvalue weighted by molar-refractivity contribution is 6.04. The van der Waals surface area contributed by atoms with E-state index < -0.39 is 12.1 Å². The molecule has 0 aliphatic rings. The van der Waals surface area contributed by atoms with Crippen molar-refractivity contribution in [1.82, 2.24) is 14.8 Å². The average Bonchev–Trinajstić information content (AvgIpc) is 3.11. The Morgan fingerprint density at radius 3 is 2.47 bits per heavy atom. The van der Waals surface area contributed by atoms with Gasteiger partial charge in [0.15, 0.2) is 11.8 Å². The number of hydrogen-bond acceptors (Lipinski definition) is 5. The monoisotopic (exact) mass is 408 g/mol. The number of carbonyl (C=O) groups is 2. The molecule has 7 nitrogen and oxygen atoms in total. The molecule has 0 bridgehead atoms. The van der Waals surface area contributed by atoms with Crippen molar-refractivity contribution in [2.45, 2.75) is 59.6 Å². The van der Waals surface area contributed by atoms with Crippen LogP contribution in [0, 0.1) is 6.92 Å². The van der Waals surface area contributed by atoms with Crippen LogP contribution in [0.15, 0.2) is 36.5 Å². The van der Waals surface area contributed by atoms with E-state index in [0.29, 0.717) is 22.3 Å². The number of benzene rings is 1. The number of aryl methyl sites for hydroxylation is 1. The first kappa shape index (κ1) is 21.5. The Balaban J connectivity index is 1.86. The zero-order valence-corrected chi connectivity index (χ0v) is 18.3. The molecule has 0 spiro atoms. The SMILES string of the molecule is Cc1cccc(NC(=O)[C@H](C)OC(=O)c2cc(C(C)C)nc3c2cnn3C(C)C)c1. The molecule has 2 aromatic heterocycles. The van der Waals surface area contributed by atoms with Crippen molar-refractivity contribution in [3.05, 3.63) is 53.3 Å². The fourth-order valence-corrected chi connectivity index (χ4v) is 3.12. The first-order valence-electron chi connectivity index (χ1n) is 10.1. The van der Waals surface area contributed by atoms with Gasteiger partial charge < -0.3 is 10.1 Å². The van der Waals surface area contributed by atoms with E-state index in [1.54, 1.807) is 29.9 Å². The summed E-state index contributed by atoms with van der Waals surface area (Å²) in [7, 11) is 0. The summed E-state index contributed by atoms with van der Waals surface area (Å²) in [6.07, 6.45) is 0.671. The number of aromatic nitrogens is 3. The van der Waals surface area contributed by atoms with Crippen molar-refractivity contribution in [1.29, 1.82) is 0 Å². The molecule has 7 heteroatoms. The molecule has 0 saturated carbocycles. The first-order valence-corrected chi connectivity index (χ1v) is 10.1. The molecule has 3 aromatic rings. The van der Waals surface area contributed by atoms with Crippen LogP contribution in [-0.4, -0.2) is 32.7 Å². The topological polar surface area (TPSA) is 86.1 Å². The second-order valence-electron chi connectivity index (χ2n) is 8.08. The molecule has 0 aliphatic carbocycles. The van der Waals surface area contributed by atoms with Gasteiger partial charge in [0, 0.05) is 17.4 Å². The Kier molecular flexibility index (Phi) is 6.20. The summed E-state index contributed by atoms with van der Waals surface area (Å²) in [5.41, 5.74) is 3.47. The van der Waals surface area contributed by atoms with E-state index in [0.717, 1.165) is 11.3 Å². The fourth-order valence-electron chi connectivity index (χ4n) is 3.12.